The van der Waals surface area contributed by atoms with Crippen LogP contribution in [0.3, 0.4) is 0 Å². The first-order valence-corrected chi connectivity index (χ1v) is 9.68. The third-order valence-corrected chi connectivity index (χ3v) is 5.19. The van der Waals surface area contributed by atoms with E-state index >= 15 is 0 Å². The molecule has 0 saturated carbocycles. The molecular formula is C25H24N2O2. The van der Waals surface area contributed by atoms with Crippen molar-refractivity contribution in [1.82, 2.24) is 10.2 Å². The predicted molar refractivity (Wildman–Crippen MR) is 114 cm³/mol. The molecule has 4 heteroatoms. The fourth-order valence-electron chi connectivity index (χ4n) is 3.32. The summed E-state index contributed by atoms with van der Waals surface area (Å²) in [7, 11) is 0. The van der Waals surface area contributed by atoms with Crippen molar-refractivity contribution in [3.63, 3.8) is 0 Å². The molecule has 0 atom stereocenters. The Bertz CT molecular complexity index is 1110. The molecule has 0 bridgehead atoms. The lowest BCUT2D eigenvalue weighted by molar-refractivity contribution is 0.481. The van der Waals surface area contributed by atoms with Crippen LogP contribution in [0.2, 0.25) is 0 Å². The molecule has 0 saturated heterocycles. The number of aromatic nitrogens is 2. The number of hydrogen-bond acceptors (Lipinski definition) is 4. The zero-order valence-electron chi connectivity index (χ0n) is 17.1. The van der Waals surface area contributed by atoms with Gasteiger partial charge in [-0.05, 0) is 48.4 Å². The minimum Gasteiger partial charge on any atom is -0.457 e. The summed E-state index contributed by atoms with van der Waals surface area (Å²) in [6.07, 6.45) is 0. The normalized spacial score (nSPS) is 11.4. The SMILES string of the molecule is Cc1ccc(C(C)(C)c2ccc(Oc3cccc(-c4nnc(C)o4)c3)cc2)cc1. The molecule has 0 radical (unpaired) electrons. The maximum atomic E-state index is 6.05. The Morgan fingerprint density at radius 2 is 1.41 bits per heavy atom. The van der Waals surface area contributed by atoms with E-state index in [2.05, 4.69) is 67.4 Å². The summed E-state index contributed by atoms with van der Waals surface area (Å²) in [6, 6.07) is 24.6. The van der Waals surface area contributed by atoms with E-state index in [1.807, 2.05) is 36.4 Å². The molecule has 0 aliphatic rings. The molecule has 146 valence electrons. The van der Waals surface area contributed by atoms with Crippen molar-refractivity contribution in [2.75, 3.05) is 0 Å². The molecule has 4 rings (SSSR count). The predicted octanol–water partition coefficient (Wildman–Crippen LogP) is 6.47. The van der Waals surface area contributed by atoms with Crippen LogP contribution in [0.4, 0.5) is 0 Å². The van der Waals surface area contributed by atoms with Gasteiger partial charge < -0.3 is 9.15 Å². The maximum Gasteiger partial charge on any atom is 0.247 e. The summed E-state index contributed by atoms with van der Waals surface area (Å²) in [4.78, 5) is 0. The van der Waals surface area contributed by atoms with Crippen LogP contribution in [0.1, 0.15) is 36.4 Å². The summed E-state index contributed by atoms with van der Waals surface area (Å²) < 4.78 is 11.5. The number of hydrogen-bond donors (Lipinski definition) is 0. The molecule has 0 N–H and O–H groups in total. The third kappa shape index (κ3) is 4.06. The van der Waals surface area contributed by atoms with Crippen LogP contribution in [-0.2, 0) is 5.41 Å². The average molecular weight is 384 g/mol. The van der Waals surface area contributed by atoms with Crippen molar-refractivity contribution in [2.45, 2.75) is 33.1 Å². The Hall–Kier alpha value is -3.40. The molecule has 29 heavy (non-hydrogen) atoms. The van der Waals surface area contributed by atoms with Crippen LogP contribution in [0.15, 0.2) is 77.2 Å². The first-order valence-electron chi connectivity index (χ1n) is 9.68. The van der Waals surface area contributed by atoms with Gasteiger partial charge in [-0.25, -0.2) is 0 Å². The van der Waals surface area contributed by atoms with Crippen molar-refractivity contribution in [1.29, 1.82) is 0 Å². The minimum absolute atomic E-state index is 0.0814. The van der Waals surface area contributed by atoms with Gasteiger partial charge in [0.15, 0.2) is 0 Å². The molecule has 4 nitrogen and oxygen atoms in total. The van der Waals surface area contributed by atoms with Gasteiger partial charge in [-0.1, -0.05) is 61.9 Å². The van der Waals surface area contributed by atoms with E-state index in [-0.39, 0.29) is 5.41 Å². The zero-order valence-corrected chi connectivity index (χ0v) is 17.1. The molecule has 4 aromatic rings. The molecule has 0 amide bonds. The third-order valence-electron chi connectivity index (χ3n) is 5.19. The molecule has 3 aromatic carbocycles. The Morgan fingerprint density at radius 1 is 0.759 bits per heavy atom. The monoisotopic (exact) mass is 384 g/mol. The Labute approximate surface area is 171 Å². The highest BCUT2D eigenvalue weighted by Crippen LogP contribution is 2.33. The summed E-state index contributed by atoms with van der Waals surface area (Å²) in [5.74, 6) is 2.54. The Morgan fingerprint density at radius 3 is 2.03 bits per heavy atom. The van der Waals surface area contributed by atoms with Crippen molar-refractivity contribution in [3.8, 4) is 23.0 Å². The number of ether oxygens (including phenoxy) is 1. The second-order valence-corrected chi connectivity index (χ2v) is 7.77. The molecule has 0 unspecified atom stereocenters. The van der Waals surface area contributed by atoms with E-state index in [1.54, 1.807) is 6.92 Å². The minimum atomic E-state index is -0.0814. The van der Waals surface area contributed by atoms with Gasteiger partial charge in [0.1, 0.15) is 11.5 Å². The number of aryl methyl sites for hydroxylation is 2. The van der Waals surface area contributed by atoms with Crippen LogP contribution in [0.5, 0.6) is 11.5 Å². The summed E-state index contributed by atoms with van der Waals surface area (Å²) in [5.41, 5.74) is 4.55. The van der Waals surface area contributed by atoms with Crippen LogP contribution in [0.25, 0.3) is 11.5 Å². The van der Waals surface area contributed by atoms with Gasteiger partial charge in [0, 0.05) is 17.9 Å². The number of benzene rings is 3. The second-order valence-electron chi connectivity index (χ2n) is 7.77. The lowest BCUT2D eigenvalue weighted by Gasteiger charge is -2.26. The zero-order chi connectivity index (χ0) is 20.4. The average Bonchev–Trinajstić information content (AvgIpc) is 3.15. The van der Waals surface area contributed by atoms with E-state index in [1.165, 1.54) is 16.7 Å². The van der Waals surface area contributed by atoms with Crippen molar-refractivity contribution < 1.29 is 9.15 Å². The lowest BCUT2D eigenvalue weighted by Crippen LogP contribution is -2.18. The summed E-state index contributed by atoms with van der Waals surface area (Å²) in [5, 5.41) is 7.95. The van der Waals surface area contributed by atoms with Crippen LogP contribution in [-0.4, -0.2) is 10.2 Å². The largest absolute Gasteiger partial charge is 0.457 e. The van der Waals surface area contributed by atoms with Crippen LogP contribution >= 0.6 is 0 Å². The van der Waals surface area contributed by atoms with Gasteiger partial charge in [0.25, 0.3) is 0 Å². The molecule has 0 spiro atoms. The fraction of sp³-hybridized carbons (Fsp3) is 0.200. The molecule has 0 aliphatic carbocycles. The van der Waals surface area contributed by atoms with Crippen molar-refractivity contribution in [2.24, 2.45) is 0 Å². The highest BCUT2D eigenvalue weighted by Gasteiger charge is 2.22. The van der Waals surface area contributed by atoms with Crippen molar-refractivity contribution >= 4 is 0 Å². The molecule has 0 fully saturated rings. The van der Waals surface area contributed by atoms with E-state index < -0.39 is 0 Å². The van der Waals surface area contributed by atoms with E-state index in [9.17, 15) is 0 Å². The summed E-state index contributed by atoms with van der Waals surface area (Å²) >= 11 is 0. The topological polar surface area (TPSA) is 48.2 Å². The summed E-state index contributed by atoms with van der Waals surface area (Å²) in [6.45, 7) is 8.36. The standard InChI is InChI=1S/C25H24N2O2/c1-17-8-10-20(11-9-17)25(3,4)21-12-14-22(15-13-21)29-23-7-5-6-19(16-23)24-27-26-18(2)28-24/h5-16H,1-4H3. The highest BCUT2D eigenvalue weighted by molar-refractivity contribution is 5.56. The first-order chi connectivity index (χ1) is 13.9. The highest BCUT2D eigenvalue weighted by atomic mass is 16.5. The molecule has 1 heterocycles. The maximum absolute atomic E-state index is 6.05. The number of nitrogens with zero attached hydrogens (tertiary/aromatic N) is 2. The smallest absolute Gasteiger partial charge is 0.247 e. The Kier molecular flexibility index (Phi) is 4.93. The van der Waals surface area contributed by atoms with Crippen LogP contribution in [0, 0.1) is 13.8 Å². The lowest BCUT2D eigenvalue weighted by atomic mass is 9.78. The molecule has 0 aliphatic heterocycles. The van der Waals surface area contributed by atoms with E-state index in [4.69, 9.17) is 9.15 Å². The van der Waals surface area contributed by atoms with Gasteiger partial charge in [0.2, 0.25) is 11.8 Å². The molecule has 1 aromatic heterocycles. The molecular weight excluding hydrogens is 360 g/mol. The van der Waals surface area contributed by atoms with E-state index in [0.717, 1.165) is 17.1 Å². The fourth-order valence-corrected chi connectivity index (χ4v) is 3.32. The van der Waals surface area contributed by atoms with Gasteiger partial charge in [-0.3, -0.25) is 0 Å². The van der Waals surface area contributed by atoms with E-state index in [0.29, 0.717) is 11.8 Å². The van der Waals surface area contributed by atoms with Gasteiger partial charge in [0.05, 0.1) is 0 Å². The van der Waals surface area contributed by atoms with Crippen molar-refractivity contribution in [3.05, 3.63) is 95.4 Å². The van der Waals surface area contributed by atoms with Crippen LogP contribution < -0.4 is 4.74 Å². The van der Waals surface area contributed by atoms with Gasteiger partial charge >= 0.3 is 0 Å². The second kappa shape index (κ2) is 7.55. The first kappa shape index (κ1) is 18.9. The quantitative estimate of drug-likeness (QED) is 0.395. The Balaban J connectivity index is 1.53. The van der Waals surface area contributed by atoms with Gasteiger partial charge in [-0.15, -0.1) is 10.2 Å². The number of rotatable bonds is 5. The van der Waals surface area contributed by atoms with Gasteiger partial charge in [-0.2, -0.15) is 0 Å².